The first-order chi connectivity index (χ1) is 7.25. The molecule has 3 nitrogen and oxygen atoms in total. The number of carbonyl (C=O) groups excluding carboxylic acids is 1. The highest BCUT2D eigenvalue weighted by Crippen LogP contribution is 2.23. The monoisotopic (exact) mass is 287 g/mol. The summed E-state index contributed by atoms with van der Waals surface area (Å²) in [5.41, 5.74) is 0. The number of thiophene rings is 1. The molecule has 0 aromatic carbocycles. The van der Waals surface area contributed by atoms with E-state index in [-0.39, 0.29) is 5.91 Å². The molecule has 5 heteroatoms. The Morgan fingerprint density at radius 1 is 1.60 bits per heavy atom. The van der Waals surface area contributed by atoms with Crippen LogP contribution in [0, 0.1) is 0 Å². The summed E-state index contributed by atoms with van der Waals surface area (Å²) in [4.78, 5) is 17.7. The second-order valence-corrected chi connectivity index (χ2v) is 5.60. The van der Waals surface area contributed by atoms with Crippen LogP contribution >= 0.6 is 27.3 Å². The van der Waals surface area contributed by atoms with Gasteiger partial charge < -0.3 is 0 Å². The molecule has 0 atom stereocenters. The SMILES string of the molecule is O=C(/C=C/c1ccc(Br)s1)N1CCCO1. The lowest BCUT2D eigenvalue weighted by Crippen LogP contribution is -2.24. The lowest BCUT2D eigenvalue weighted by molar-refractivity contribution is -0.162. The van der Waals surface area contributed by atoms with E-state index >= 15 is 0 Å². The van der Waals surface area contributed by atoms with Crippen LogP contribution in [0.2, 0.25) is 0 Å². The Balaban J connectivity index is 1.95. The van der Waals surface area contributed by atoms with E-state index in [0.29, 0.717) is 13.2 Å². The van der Waals surface area contributed by atoms with Gasteiger partial charge in [0, 0.05) is 11.0 Å². The molecule has 2 rings (SSSR count). The minimum Gasteiger partial charge on any atom is -0.271 e. The van der Waals surface area contributed by atoms with Crippen LogP contribution in [-0.2, 0) is 9.63 Å². The van der Waals surface area contributed by atoms with Crippen LogP contribution in [0.3, 0.4) is 0 Å². The van der Waals surface area contributed by atoms with Gasteiger partial charge in [-0.1, -0.05) is 0 Å². The average molecular weight is 288 g/mol. The van der Waals surface area contributed by atoms with Gasteiger partial charge in [-0.15, -0.1) is 11.3 Å². The van der Waals surface area contributed by atoms with Crippen molar-refractivity contribution in [2.45, 2.75) is 6.42 Å². The van der Waals surface area contributed by atoms with Crippen LogP contribution in [-0.4, -0.2) is 24.1 Å². The maximum atomic E-state index is 11.5. The number of rotatable bonds is 2. The van der Waals surface area contributed by atoms with E-state index in [1.54, 1.807) is 23.5 Å². The third-order valence-electron chi connectivity index (χ3n) is 1.98. The summed E-state index contributed by atoms with van der Waals surface area (Å²) in [7, 11) is 0. The van der Waals surface area contributed by atoms with Crippen molar-refractivity contribution in [3.8, 4) is 0 Å². The molecule has 1 aliphatic rings. The van der Waals surface area contributed by atoms with Crippen LogP contribution in [0.25, 0.3) is 6.08 Å². The Kier molecular flexibility index (Phi) is 3.56. The summed E-state index contributed by atoms with van der Waals surface area (Å²) < 4.78 is 1.06. The number of hydrogen-bond donors (Lipinski definition) is 0. The predicted molar refractivity (Wildman–Crippen MR) is 63.3 cm³/mol. The van der Waals surface area contributed by atoms with Gasteiger partial charge in [0.15, 0.2) is 0 Å². The van der Waals surface area contributed by atoms with Crippen molar-refractivity contribution < 1.29 is 9.63 Å². The van der Waals surface area contributed by atoms with Crippen LogP contribution in [0.5, 0.6) is 0 Å². The maximum Gasteiger partial charge on any atom is 0.270 e. The van der Waals surface area contributed by atoms with Gasteiger partial charge in [-0.25, -0.2) is 5.06 Å². The maximum absolute atomic E-state index is 11.5. The second kappa shape index (κ2) is 4.92. The van der Waals surface area contributed by atoms with E-state index in [1.807, 2.05) is 12.1 Å². The van der Waals surface area contributed by atoms with Gasteiger partial charge in [0.1, 0.15) is 0 Å². The number of hydroxylamine groups is 2. The second-order valence-electron chi connectivity index (χ2n) is 3.10. The van der Waals surface area contributed by atoms with Crippen molar-refractivity contribution in [1.29, 1.82) is 0 Å². The van der Waals surface area contributed by atoms with E-state index in [4.69, 9.17) is 4.84 Å². The third kappa shape index (κ3) is 2.90. The molecule has 0 aliphatic carbocycles. The van der Waals surface area contributed by atoms with Crippen molar-refractivity contribution in [2.75, 3.05) is 13.2 Å². The van der Waals surface area contributed by atoms with E-state index < -0.39 is 0 Å². The quantitative estimate of drug-likeness (QED) is 0.783. The summed E-state index contributed by atoms with van der Waals surface area (Å²) in [5, 5.41) is 1.40. The summed E-state index contributed by atoms with van der Waals surface area (Å²) >= 11 is 4.96. The van der Waals surface area contributed by atoms with Crippen LogP contribution in [0.4, 0.5) is 0 Å². The topological polar surface area (TPSA) is 29.5 Å². The lowest BCUT2D eigenvalue weighted by Gasteiger charge is -2.09. The van der Waals surface area contributed by atoms with Crippen molar-refractivity contribution in [1.82, 2.24) is 5.06 Å². The van der Waals surface area contributed by atoms with Crippen LogP contribution in [0.1, 0.15) is 11.3 Å². The molecule has 80 valence electrons. The molecule has 1 saturated heterocycles. The van der Waals surface area contributed by atoms with Crippen molar-refractivity contribution >= 4 is 39.2 Å². The van der Waals surface area contributed by atoms with Gasteiger partial charge in [0.05, 0.1) is 16.9 Å². The summed E-state index contributed by atoms with van der Waals surface area (Å²) in [6.07, 6.45) is 4.27. The number of halogens is 1. The summed E-state index contributed by atoms with van der Waals surface area (Å²) in [6, 6.07) is 3.92. The largest absolute Gasteiger partial charge is 0.271 e. The van der Waals surface area contributed by atoms with Gasteiger partial charge in [0.25, 0.3) is 5.91 Å². The molecule has 0 radical (unpaired) electrons. The van der Waals surface area contributed by atoms with Gasteiger partial charge in [-0.05, 0) is 40.6 Å². The van der Waals surface area contributed by atoms with Crippen molar-refractivity contribution in [2.24, 2.45) is 0 Å². The molecule has 0 N–H and O–H groups in total. The van der Waals surface area contributed by atoms with Gasteiger partial charge in [-0.2, -0.15) is 0 Å². The molecule has 1 aromatic rings. The predicted octanol–water partition coefficient (Wildman–Crippen LogP) is 2.69. The zero-order valence-electron chi connectivity index (χ0n) is 7.98. The molecule has 1 aromatic heterocycles. The molecule has 1 fully saturated rings. The van der Waals surface area contributed by atoms with Gasteiger partial charge in [-0.3, -0.25) is 9.63 Å². The van der Waals surface area contributed by atoms with Crippen LogP contribution < -0.4 is 0 Å². The van der Waals surface area contributed by atoms with Gasteiger partial charge in [0.2, 0.25) is 0 Å². The molecule has 15 heavy (non-hydrogen) atoms. The summed E-state index contributed by atoms with van der Waals surface area (Å²) in [6.45, 7) is 1.33. The normalized spacial score (nSPS) is 16.5. The highest BCUT2D eigenvalue weighted by Gasteiger charge is 2.16. The van der Waals surface area contributed by atoms with E-state index in [9.17, 15) is 4.79 Å². The molecule has 0 spiro atoms. The van der Waals surface area contributed by atoms with E-state index in [0.717, 1.165) is 15.1 Å². The van der Waals surface area contributed by atoms with Gasteiger partial charge >= 0.3 is 0 Å². The number of nitrogens with zero attached hydrogens (tertiary/aromatic N) is 1. The Labute approximate surface area is 100 Å². The third-order valence-corrected chi connectivity index (χ3v) is 3.57. The molecule has 0 unspecified atom stereocenters. The fourth-order valence-electron chi connectivity index (χ4n) is 1.28. The standard InChI is InChI=1S/C10H10BrNO2S/c11-9-4-2-8(15-9)3-5-10(13)12-6-1-7-14-12/h2-5H,1,6-7H2/b5-3+. The number of amides is 1. The molecular weight excluding hydrogens is 278 g/mol. The fourth-order valence-corrected chi connectivity index (χ4v) is 2.60. The Hall–Kier alpha value is -0.650. The Morgan fingerprint density at radius 3 is 3.07 bits per heavy atom. The zero-order valence-corrected chi connectivity index (χ0v) is 10.4. The molecular formula is C10H10BrNO2S. The Bertz CT molecular complexity index is 383. The molecule has 0 saturated carbocycles. The smallest absolute Gasteiger partial charge is 0.270 e. The molecule has 0 bridgehead atoms. The molecule has 1 amide bonds. The number of hydrogen-bond acceptors (Lipinski definition) is 3. The first-order valence-electron chi connectivity index (χ1n) is 4.63. The number of carbonyl (C=O) groups is 1. The van der Waals surface area contributed by atoms with E-state index in [1.165, 1.54) is 5.06 Å². The first kappa shape index (κ1) is 10.9. The zero-order chi connectivity index (χ0) is 10.7. The minimum atomic E-state index is -0.0861. The lowest BCUT2D eigenvalue weighted by atomic mass is 10.4. The fraction of sp³-hybridized carbons (Fsp3) is 0.300. The molecule has 1 aliphatic heterocycles. The highest BCUT2D eigenvalue weighted by molar-refractivity contribution is 9.11. The summed E-state index contributed by atoms with van der Waals surface area (Å²) in [5.74, 6) is -0.0861. The highest BCUT2D eigenvalue weighted by atomic mass is 79.9. The minimum absolute atomic E-state index is 0.0861. The van der Waals surface area contributed by atoms with Crippen LogP contribution in [0.15, 0.2) is 22.0 Å². The average Bonchev–Trinajstić information content (AvgIpc) is 2.84. The molecule has 2 heterocycles. The Morgan fingerprint density at radius 2 is 2.47 bits per heavy atom. The van der Waals surface area contributed by atoms with E-state index in [2.05, 4.69) is 15.9 Å². The first-order valence-corrected chi connectivity index (χ1v) is 6.24. The van der Waals surface area contributed by atoms with Crippen molar-refractivity contribution in [3.63, 3.8) is 0 Å². The van der Waals surface area contributed by atoms with Crippen molar-refractivity contribution in [3.05, 3.63) is 26.9 Å².